The van der Waals surface area contributed by atoms with Crippen LogP contribution < -0.4 is 5.32 Å². The van der Waals surface area contributed by atoms with E-state index < -0.39 is 11.9 Å². The van der Waals surface area contributed by atoms with Gasteiger partial charge in [0.25, 0.3) is 0 Å². The molecule has 6 heteroatoms. The minimum absolute atomic E-state index is 0.146. The van der Waals surface area contributed by atoms with Crippen molar-refractivity contribution in [2.45, 2.75) is 39.7 Å². The fraction of sp³-hybridized carbons (Fsp3) is 0.875. The number of rotatable bonds is 4. The van der Waals surface area contributed by atoms with E-state index >= 15 is 0 Å². The van der Waals surface area contributed by atoms with Crippen LogP contribution in [0.15, 0.2) is 0 Å². The molecular weight excluding hydrogens is 284 g/mol. The monoisotopic (exact) mass is 312 g/mol. The van der Waals surface area contributed by atoms with Crippen LogP contribution in [0.1, 0.15) is 33.6 Å². The molecule has 2 aliphatic rings. The zero-order valence-electron chi connectivity index (χ0n) is 13.7. The van der Waals surface area contributed by atoms with Gasteiger partial charge in [-0.1, -0.05) is 20.8 Å². The molecule has 126 valence electrons. The van der Waals surface area contributed by atoms with E-state index in [4.69, 9.17) is 4.74 Å². The predicted octanol–water partition coefficient (Wildman–Crippen LogP) is 1.80. The first kappa shape index (κ1) is 17.1. The zero-order chi connectivity index (χ0) is 16.3. The van der Waals surface area contributed by atoms with Crippen molar-refractivity contribution in [2.75, 3.05) is 26.2 Å². The van der Waals surface area contributed by atoms with Gasteiger partial charge in [0.15, 0.2) is 0 Å². The summed E-state index contributed by atoms with van der Waals surface area (Å²) in [6, 6.07) is -0.146. The standard InChI is InChI=1S/C16H28N2O4/c1-10(2)14-12(4-5-22-14)7-17-16(21)18-8-11(3)6-13(9-18)15(19)20/h10-14H,4-9H2,1-3H3,(H,17,21)(H,19,20). The van der Waals surface area contributed by atoms with Gasteiger partial charge in [-0.15, -0.1) is 0 Å². The van der Waals surface area contributed by atoms with Crippen LogP contribution in [0.2, 0.25) is 0 Å². The minimum atomic E-state index is -0.812. The Labute approximate surface area is 132 Å². The number of ether oxygens (including phenoxy) is 1. The molecule has 22 heavy (non-hydrogen) atoms. The molecular formula is C16H28N2O4. The van der Waals surface area contributed by atoms with Crippen LogP contribution in [-0.2, 0) is 9.53 Å². The molecule has 2 amide bonds. The van der Waals surface area contributed by atoms with E-state index in [0.717, 1.165) is 13.0 Å². The lowest BCUT2D eigenvalue weighted by Gasteiger charge is -2.35. The van der Waals surface area contributed by atoms with Gasteiger partial charge in [0.2, 0.25) is 0 Å². The topological polar surface area (TPSA) is 78.9 Å². The van der Waals surface area contributed by atoms with Crippen LogP contribution in [0.25, 0.3) is 0 Å². The van der Waals surface area contributed by atoms with Crippen LogP contribution >= 0.6 is 0 Å². The highest BCUT2D eigenvalue weighted by molar-refractivity contribution is 5.76. The number of nitrogens with one attached hydrogen (secondary N) is 1. The third-order valence-electron chi connectivity index (χ3n) is 4.73. The van der Waals surface area contributed by atoms with E-state index in [2.05, 4.69) is 19.2 Å². The molecule has 0 aromatic rings. The highest BCUT2D eigenvalue weighted by Gasteiger charge is 2.34. The largest absolute Gasteiger partial charge is 0.481 e. The van der Waals surface area contributed by atoms with Gasteiger partial charge in [-0.2, -0.15) is 0 Å². The van der Waals surface area contributed by atoms with Crippen molar-refractivity contribution in [3.05, 3.63) is 0 Å². The Morgan fingerprint density at radius 2 is 2.09 bits per heavy atom. The Morgan fingerprint density at radius 1 is 1.36 bits per heavy atom. The van der Waals surface area contributed by atoms with Crippen molar-refractivity contribution in [2.24, 2.45) is 23.7 Å². The Kier molecular flexibility index (Phi) is 5.67. The normalized spacial score (nSPS) is 32.3. The average molecular weight is 312 g/mol. The second-order valence-electron chi connectivity index (χ2n) is 7.10. The molecule has 0 spiro atoms. The van der Waals surface area contributed by atoms with Gasteiger partial charge in [0.05, 0.1) is 12.0 Å². The Morgan fingerprint density at radius 3 is 2.73 bits per heavy atom. The zero-order valence-corrected chi connectivity index (χ0v) is 13.7. The summed E-state index contributed by atoms with van der Waals surface area (Å²) in [6.45, 7) is 8.55. The maximum atomic E-state index is 12.3. The predicted molar refractivity (Wildman–Crippen MR) is 82.6 cm³/mol. The van der Waals surface area contributed by atoms with Gasteiger partial charge in [0.1, 0.15) is 0 Å². The summed E-state index contributed by atoms with van der Waals surface area (Å²) in [5, 5.41) is 12.2. The summed E-state index contributed by atoms with van der Waals surface area (Å²) < 4.78 is 5.73. The number of amides is 2. The molecule has 0 aliphatic carbocycles. The number of carbonyl (C=O) groups is 2. The molecule has 0 aromatic carbocycles. The van der Waals surface area contributed by atoms with Gasteiger partial charge in [-0.05, 0) is 24.7 Å². The van der Waals surface area contributed by atoms with Crippen molar-refractivity contribution in [3.63, 3.8) is 0 Å². The summed E-state index contributed by atoms with van der Waals surface area (Å²) in [5.41, 5.74) is 0. The number of piperidine rings is 1. The highest BCUT2D eigenvalue weighted by Crippen LogP contribution is 2.26. The highest BCUT2D eigenvalue weighted by atomic mass is 16.5. The van der Waals surface area contributed by atoms with Gasteiger partial charge in [-0.3, -0.25) is 4.79 Å². The second kappa shape index (κ2) is 7.31. The molecule has 2 aliphatic heterocycles. The van der Waals surface area contributed by atoms with E-state index in [1.54, 1.807) is 4.90 Å². The Hall–Kier alpha value is -1.30. The number of carboxylic acid groups (broad SMARTS) is 1. The third kappa shape index (κ3) is 4.12. The van der Waals surface area contributed by atoms with Crippen molar-refractivity contribution in [3.8, 4) is 0 Å². The van der Waals surface area contributed by atoms with Crippen LogP contribution in [-0.4, -0.2) is 54.4 Å². The first-order chi connectivity index (χ1) is 10.4. The lowest BCUT2D eigenvalue weighted by Crippen LogP contribution is -2.50. The fourth-order valence-corrected chi connectivity index (χ4v) is 3.64. The second-order valence-corrected chi connectivity index (χ2v) is 7.10. The average Bonchev–Trinajstić information content (AvgIpc) is 2.92. The SMILES string of the molecule is CC1CC(C(=O)O)CN(C(=O)NCC2CCOC2C(C)C)C1. The van der Waals surface area contributed by atoms with Crippen molar-refractivity contribution in [1.82, 2.24) is 10.2 Å². The molecule has 0 aromatic heterocycles. The number of aliphatic carboxylic acids is 1. The molecule has 2 saturated heterocycles. The quantitative estimate of drug-likeness (QED) is 0.829. The fourth-order valence-electron chi connectivity index (χ4n) is 3.64. The summed E-state index contributed by atoms with van der Waals surface area (Å²) in [5.74, 6) is -0.253. The van der Waals surface area contributed by atoms with Crippen molar-refractivity contribution < 1.29 is 19.4 Å². The summed E-state index contributed by atoms with van der Waals surface area (Å²) in [7, 11) is 0. The maximum Gasteiger partial charge on any atom is 0.317 e. The molecule has 6 nitrogen and oxygen atoms in total. The number of nitrogens with zero attached hydrogens (tertiary/aromatic N) is 1. The van der Waals surface area contributed by atoms with Crippen LogP contribution in [0, 0.1) is 23.7 Å². The molecule has 2 rings (SSSR count). The molecule has 0 radical (unpaired) electrons. The minimum Gasteiger partial charge on any atom is -0.481 e. The molecule has 0 bridgehead atoms. The van der Waals surface area contributed by atoms with Crippen LogP contribution in [0.4, 0.5) is 4.79 Å². The number of hydrogen-bond donors (Lipinski definition) is 2. The van der Waals surface area contributed by atoms with E-state index in [0.29, 0.717) is 37.9 Å². The van der Waals surface area contributed by atoms with E-state index in [-0.39, 0.29) is 18.1 Å². The first-order valence-electron chi connectivity index (χ1n) is 8.25. The van der Waals surface area contributed by atoms with Gasteiger partial charge >= 0.3 is 12.0 Å². The van der Waals surface area contributed by atoms with Crippen LogP contribution in [0.5, 0.6) is 0 Å². The lowest BCUT2D eigenvalue weighted by molar-refractivity contribution is -0.143. The van der Waals surface area contributed by atoms with Crippen molar-refractivity contribution >= 4 is 12.0 Å². The first-order valence-corrected chi connectivity index (χ1v) is 8.25. The molecule has 2 heterocycles. The number of likely N-dealkylation sites (tertiary alicyclic amines) is 1. The van der Waals surface area contributed by atoms with Crippen molar-refractivity contribution in [1.29, 1.82) is 0 Å². The maximum absolute atomic E-state index is 12.3. The summed E-state index contributed by atoms with van der Waals surface area (Å²) in [4.78, 5) is 25.2. The van der Waals surface area contributed by atoms with Crippen LogP contribution in [0.3, 0.4) is 0 Å². The molecule has 0 saturated carbocycles. The van der Waals surface area contributed by atoms with E-state index in [1.165, 1.54) is 0 Å². The number of carbonyl (C=O) groups excluding carboxylic acids is 1. The molecule has 2 fully saturated rings. The Balaban J connectivity index is 1.85. The summed E-state index contributed by atoms with van der Waals surface area (Å²) >= 11 is 0. The number of hydrogen-bond acceptors (Lipinski definition) is 3. The molecule has 2 N–H and O–H groups in total. The van der Waals surface area contributed by atoms with E-state index in [1.807, 2.05) is 6.92 Å². The summed E-state index contributed by atoms with van der Waals surface area (Å²) in [6.07, 6.45) is 1.81. The van der Waals surface area contributed by atoms with Gasteiger partial charge < -0.3 is 20.1 Å². The van der Waals surface area contributed by atoms with E-state index in [9.17, 15) is 14.7 Å². The molecule has 4 unspecified atom stereocenters. The lowest BCUT2D eigenvalue weighted by atomic mass is 9.90. The number of urea groups is 1. The van der Waals surface area contributed by atoms with Gasteiger partial charge in [-0.25, -0.2) is 4.79 Å². The molecule has 4 atom stereocenters. The van der Waals surface area contributed by atoms with Gasteiger partial charge in [0, 0.05) is 32.2 Å². The smallest absolute Gasteiger partial charge is 0.317 e. The third-order valence-corrected chi connectivity index (χ3v) is 4.73. The Bertz CT molecular complexity index is 413. The number of carboxylic acids is 1.